The Morgan fingerprint density at radius 1 is 1.21 bits per heavy atom. The molecule has 3 saturated carbocycles. The van der Waals surface area contributed by atoms with E-state index in [0.717, 1.165) is 24.6 Å². The van der Waals surface area contributed by atoms with Crippen LogP contribution in [0.1, 0.15) is 71.6 Å². The molecular weight excluding hydrogens is 234 g/mol. The van der Waals surface area contributed by atoms with Crippen LogP contribution in [-0.4, -0.2) is 24.8 Å². The summed E-state index contributed by atoms with van der Waals surface area (Å²) in [5, 5.41) is 4.02. The molecule has 3 atom stereocenters. The van der Waals surface area contributed by atoms with Crippen LogP contribution in [-0.2, 0) is 4.74 Å². The molecule has 0 aliphatic heterocycles. The molecule has 19 heavy (non-hydrogen) atoms. The van der Waals surface area contributed by atoms with E-state index in [2.05, 4.69) is 19.2 Å². The van der Waals surface area contributed by atoms with Crippen LogP contribution in [0.4, 0.5) is 0 Å². The fourth-order valence-corrected chi connectivity index (χ4v) is 4.51. The Morgan fingerprint density at radius 2 is 1.95 bits per heavy atom. The molecule has 0 amide bonds. The van der Waals surface area contributed by atoms with Crippen molar-refractivity contribution in [2.24, 2.45) is 11.3 Å². The van der Waals surface area contributed by atoms with Gasteiger partial charge >= 0.3 is 0 Å². The molecule has 3 aliphatic rings. The maximum absolute atomic E-state index is 6.01. The predicted molar refractivity (Wildman–Crippen MR) is 79.3 cm³/mol. The summed E-state index contributed by atoms with van der Waals surface area (Å²) in [6, 6.07) is 1.51. The zero-order chi connectivity index (χ0) is 13.3. The van der Waals surface area contributed by atoms with E-state index in [1.54, 1.807) is 0 Å². The van der Waals surface area contributed by atoms with E-state index < -0.39 is 0 Å². The quantitative estimate of drug-likeness (QED) is 0.754. The van der Waals surface area contributed by atoms with Crippen molar-refractivity contribution in [2.75, 3.05) is 6.61 Å². The van der Waals surface area contributed by atoms with Gasteiger partial charge in [-0.25, -0.2) is 0 Å². The predicted octanol–water partition coefficient (Wildman–Crippen LogP) is 3.89. The largest absolute Gasteiger partial charge is 0.378 e. The molecule has 1 N–H and O–H groups in total. The van der Waals surface area contributed by atoms with Gasteiger partial charge in [0.2, 0.25) is 0 Å². The molecule has 0 heterocycles. The van der Waals surface area contributed by atoms with E-state index >= 15 is 0 Å². The van der Waals surface area contributed by atoms with Gasteiger partial charge in [-0.3, -0.25) is 0 Å². The first-order valence-electron chi connectivity index (χ1n) is 8.66. The maximum Gasteiger partial charge on any atom is 0.0661 e. The summed E-state index contributed by atoms with van der Waals surface area (Å²) in [7, 11) is 0. The van der Waals surface area contributed by atoms with Crippen LogP contribution in [0.2, 0.25) is 0 Å². The molecule has 0 aromatic rings. The Morgan fingerprint density at radius 3 is 2.53 bits per heavy atom. The van der Waals surface area contributed by atoms with Crippen molar-refractivity contribution in [3.05, 3.63) is 0 Å². The third kappa shape index (κ3) is 2.71. The number of hydrogen-bond acceptors (Lipinski definition) is 2. The highest BCUT2D eigenvalue weighted by molar-refractivity contribution is 5.10. The minimum Gasteiger partial charge on any atom is -0.378 e. The molecule has 1 spiro atoms. The van der Waals surface area contributed by atoms with Crippen molar-refractivity contribution < 1.29 is 4.74 Å². The first-order chi connectivity index (χ1) is 9.28. The Hall–Kier alpha value is -0.0800. The van der Waals surface area contributed by atoms with Crippen LogP contribution >= 0.6 is 0 Å². The minimum atomic E-state index is 0.507. The third-order valence-corrected chi connectivity index (χ3v) is 5.93. The number of rotatable bonds is 7. The van der Waals surface area contributed by atoms with E-state index in [-0.39, 0.29) is 0 Å². The molecule has 0 saturated heterocycles. The molecule has 0 aromatic heterocycles. The topological polar surface area (TPSA) is 21.3 Å². The van der Waals surface area contributed by atoms with Gasteiger partial charge in [-0.1, -0.05) is 32.6 Å². The first kappa shape index (κ1) is 13.9. The van der Waals surface area contributed by atoms with Gasteiger partial charge < -0.3 is 10.1 Å². The van der Waals surface area contributed by atoms with Crippen molar-refractivity contribution in [2.45, 2.75) is 89.8 Å². The Bertz CT molecular complexity index is 294. The van der Waals surface area contributed by atoms with Crippen molar-refractivity contribution >= 4 is 0 Å². The van der Waals surface area contributed by atoms with Gasteiger partial charge in [-0.15, -0.1) is 0 Å². The van der Waals surface area contributed by atoms with Crippen LogP contribution in [0.3, 0.4) is 0 Å². The number of ether oxygens (including phenoxy) is 1. The second-order valence-corrected chi connectivity index (χ2v) is 7.12. The van der Waals surface area contributed by atoms with Gasteiger partial charge in [0, 0.05) is 24.1 Å². The van der Waals surface area contributed by atoms with Gasteiger partial charge in [0.05, 0.1) is 6.10 Å². The summed E-state index contributed by atoms with van der Waals surface area (Å²) in [6.07, 6.45) is 13.1. The standard InChI is InChI=1S/C17H31NO/c1-3-14(11-13-7-8-13)18-15-12-16(19-4-2)17(15)9-5-6-10-17/h13-16,18H,3-12H2,1-2H3. The maximum atomic E-state index is 6.01. The molecule has 3 unspecified atom stereocenters. The summed E-state index contributed by atoms with van der Waals surface area (Å²) in [5.41, 5.74) is 0.507. The lowest BCUT2D eigenvalue weighted by molar-refractivity contribution is -0.133. The van der Waals surface area contributed by atoms with Gasteiger partial charge in [-0.05, 0) is 44.9 Å². The fraction of sp³-hybridized carbons (Fsp3) is 1.00. The lowest BCUT2D eigenvalue weighted by atomic mass is 9.60. The van der Waals surface area contributed by atoms with Crippen molar-refractivity contribution in [3.63, 3.8) is 0 Å². The minimum absolute atomic E-state index is 0.507. The molecule has 3 rings (SSSR count). The lowest BCUT2D eigenvalue weighted by Crippen LogP contribution is -2.64. The normalized spacial score (nSPS) is 34.4. The monoisotopic (exact) mass is 265 g/mol. The Kier molecular flexibility index (Phi) is 4.19. The third-order valence-electron chi connectivity index (χ3n) is 5.93. The van der Waals surface area contributed by atoms with Crippen LogP contribution in [0.15, 0.2) is 0 Å². The number of nitrogens with one attached hydrogen (secondary N) is 1. The van der Waals surface area contributed by atoms with E-state index in [9.17, 15) is 0 Å². The smallest absolute Gasteiger partial charge is 0.0661 e. The van der Waals surface area contributed by atoms with Gasteiger partial charge in [0.15, 0.2) is 0 Å². The van der Waals surface area contributed by atoms with Gasteiger partial charge in [0.1, 0.15) is 0 Å². The lowest BCUT2D eigenvalue weighted by Gasteiger charge is -2.55. The Balaban J connectivity index is 1.57. The summed E-state index contributed by atoms with van der Waals surface area (Å²) in [5.74, 6) is 1.04. The highest BCUT2D eigenvalue weighted by Gasteiger charge is 2.56. The fourth-order valence-electron chi connectivity index (χ4n) is 4.51. The Labute approximate surface area is 118 Å². The first-order valence-corrected chi connectivity index (χ1v) is 8.66. The molecule has 3 fully saturated rings. The highest BCUT2D eigenvalue weighted by atomic mass is 16.5. The van der Waals surface area contributed by atoms with Crippen LogP contribution in [0.25, 0.3) is 0 Å². The summed E-state index contributed by atoms with van der Waals surface area (Å²) in [6.45, 7) is 5.38. The summed E-state index contributed by atoms with van der Waals surface area (Å²) in [4.78, 5) is 0. The molecule has 2 heteroatoms. The zero-order valence-corrected chi connectivity index (χ0v) is 12.8. The van der Waals surface area contributed by atoms with Crippen LogP contribution in [0, 0.1) is 11.3 Å². The average molecular weight is 265 g/mol. The molecule has 0 bridgehead atoms. The molecular formula is C17H31NO. The molecule has 3 aliphatic carbocycles. The second-order valence-electron chi connectivity index (χ2n) is 7.12. The summed E-state index contributed by atoms with van der Waals surface area (Å²) >= 11 is 0. The molecule has 2 nitrogen and oxygen atoms in total. The molecule has 110 valence electrons. The average Bonchev–Trinajstić information content (AvgIpc) is 3.07. The highest BCUT2D eigenvalue weighted by Crippen LogP contribution is 2.55. The van der Waals surface area contributed by atoms with Gasteiger partial charge in [0.25, 0.3) is 0 Å². The number of hydrogen-bond donors (Lipinski definition) is 1. The van der Waals surface area contributed by atoms with Crippen molar-refractivity contribution in [1.29, 1.82) is 0 Å². The SMILES string of the molecule is CCOC1CC(NC(CC)CC2CC2)C12CCCC2. The van der Waals surface area contributed by atoms with E-state index in [4.69, 9.17) is 4.74 Å². The van der Waals surface area contributed by atoms with Gasteiger partial charge in [-0.2, -0.15) is 0 Å². The van der Waals surface area contributed by atoms with E-state index in [0.29, 0.717) is 11.5 Å². The second kappa shape index (κ2) is 5.73. The van der Waals surface area contributed by atoms with Crippen LogP contribution < -0.4 is 5.32 Å². The van der Waals surface area contributed by atoms with Crippen molar-refractivity contribution in [1.82, 2.24) is 5.32 Å². The van der Waals surface area contributed by atoms with E-state index in [1.807, 2.05) is 0 Å². The zero-order valence-electron chi connectivity index (χ0n) is 12.8. The summed E-state index contributed by atoms with van der Waals surface area (Å²) < 4.78 is 6.01. The molecule has 0 aromatic carbocycles. The van der Waals surface area contributed by atoms with Crippen LogP contribution in [0.5, 0.6) is 0 Å². The molecule has 0 radical (unpaired) electrons. The van der Waals surface area contributed by atoms with E-state index in [1.165, 1.54) is 57.8 Å². The van der Waals surface area contributed by atoms with Crippen molar-refractivity contribution in [3.8, 4) is 0 Å².